The van der Waals surface area contributed by atoms with E-state index >= 15 is 8.78 Å². The van der Waals surface area contributed by atoms with Crippen LogP contribution in [0.3, 0.4) is 0 Å². The molecule has 16 aromatic rings. The lowest BCUT2D eigenvalue weighted by Gasteiger charge is -2.32. The van der Waals surface area contributed by atoms with Gasteiger partial charge in [0.2, 0.25) is 0 Å². The van der Waals surface area contributed by atoms with E-state index in [2.05, 4.69) is 143 Å². The predicted molar refractivity (Wildman–Crippen MR) is 352 cm³/mol. The fourth-order valence-corrected chi connectivity index (χ4v) is 15.3. The largest absolute Gasteiger partial charge is 0.305 e. The molecule has 0 saturated heterocycles. The molecular weight excluding hydrogens is 1070 g/mol. The van der Waals surface area contributed by atoms with Crippen LogP contribution in [0.4, 0.5) is 42.9 Å². The zero-order valence-electron chi connectivity index (χ0n) is 44.9. The van der Waals surface area contributed by atoms with Crippen LogP contribution in [-0.4, -0.2) is 0 Å². The smallest absolute Gasteiger partial charge is 0.148 e. The monoisotopic (exact) mass is 1110 g/mol. The number of fused-ring (bicyclic) bond motifs is 6. The molecule has 2 heterocycles. The maximum atomic E-state index is 18.5. The minimum atomic E-state index is -0.401. The highest BCUT2D eigenvalue weighted by molar-refractivity contribution is 7.27. The average Bonchev–Trinajstić information content (AvgIpc) is 1.13. The van der Waals surface area contributed by atoms with E-state index in [1.807, 2.05) is 133 Å². The minimum Gasteiger partial charge on any atom is -0.305 e. The Balaban J connectivity index is 1.00. The molecule has 0 radical (unpaired) electrons. The van der Waals surface area contributed by atoms with Gasteiger partial charge in [-0.1, -0.05) is 206 Å². The average molecular weight is 1110 g/mol. The van der Waals surface area contributed by atoms with E-state index in [9.17, 15) is 5.26 Å². The van der Waals surface area contributed by atoms with Crippen LogP contribution in [-0.2, 0) is 0 Å². The lowest BCUT2D eigenvalue weighted by atomic mass is 9.90. The molecule has 0 amide bonds. The second kappa shape index (κ2) is 19.9. The molecule has 3 nitrogen and oxygen atoms in total. The fraction of sp³-hybridized carbons (Fsp3) is 0. The van der Waals surface area contributed by atoms with Crippen molar-refractivity contribution >= 4 is 129 Å². The van der Waals surface area contributed by atoms with Crippen LogP contribution < -0.4 is 9.80 Å². The SMILES string of the molecule is N#Cc1ccc(N(c2c(F)cc(-c3ccccc3)cc2-c2ccccc2)c2ccc3ccc4c(N(c5c(F)cc(-c6ccccc6)cc5-c5ccccc5)c5cccc6c5sc5ccccc56)ccc5ccc2c3c54)c2sc3ccccc3c12. The summed E-state index contributed by atoms with van der Waals surface area (Å²) in [4.78, 5) is 4.26. The predicted octanol–water partition coefficient (Wildman–Crippen LogP) is 23.1. The molecule has 0 N–H and O–H groups in total. The van der Waals surface area contributed by atoms with Crippen molar-refractivity contribution in [2.24, 2.45) is 0 Å². The van der Waals surface area contributed by atoms with E-state index in [-0.39, 0.29) is 5.82 Å². The van der Waals surface area contributed by atoms with Crippen molar-refractivity contribution in [2.45, 2.75) is 0 Å². The molecule has 0 bridgehead atoms. The highest BCUT2D eigenvalue weighted by Gasteiger charge is 2.31. The molecule has 0 unspecified atom stereocenters. The van der Waals surface area contributed by atoms with E-state index in [1.165, 1.54) is 0 Å². The molecule has 16 rings (SSSR count). The Labute approximate surface area is 491 Å². The standard InChI is InChI=1S/C77H45F2N3S2/c78-63-44-54(47-18-5-1-6-19-47)42-61(49-22-9-3-10-23-49)74(63)81(67-29-17-28-57-56-26-13-15-30-69(56)83-76(57)67)65-39-34-51-33-38-59-66(40-35-52-32-37-58(65)71(51)72(52)59)82(68-41-36-53(46-80)73-60-27-14-16-31-70(60)84-77(68)73)75-62(50-24-11-4-12-25-50)43-55(45-64(75)79)48-20-7-2-8-21-48/h1-45H. The number of hydrogen-bond donors (Lipinski definition) is 0. The van der Waals surface area contributed by atoms with Gasteiger partial charge in [-0.3, -0.25) is 0 Å². The highest BCUT2D eigenvalue weighted by Crippen LogP contribution is 2.55. The highest BCUT2D eigenvalue weighted by atomic mass is 32.1. The van der Waals surface area contributed by atoms with Gasteiger partial charge in [0.25, 0.3) is 0 Å². The van der Waals surface area contributed by atoms with Gasteiger partial charge in [0.05, 0.1) is 55.2 Å². The third kappa shape index (κ3) is 7.87. The van der Waals surface area contributed by atoms with Gasteiger partial charge in [-0.2, -0.15) is 5.26 Å². The van der Waals surface area contributed by atoms with Gasteiger partial charge >= 0.3 is 0 Å². The molecule has 0 spiro atoms. The summed E-state index contributed by atoms with van der Waals surface area (Å²) in [5.74, 6) is -0.760. The van der Waals surface area contributed by atoms with Crippen LogP contribution in [0.5, 0.6) is 0 Å². The molecule has 14 aromatic carbocycles. The van der Waals surface area contributed by atoms with Crippen molar-refractivity contribution < 1.29 is 8.78 Å². The summed E-state index contributed by atoms with van der Waals surface area (Å²) in [7, 11) is 0. The van der Waals surface area contributed by atoms with Crippen LogP contribution in [0.2, 0.25) is 0 Å². The molecule has 0 aliphatic rings. The second-order valence-corrected chi connectivity index (χ2v) is 23.3. The maximum absolute atomic E-state index is 18.5. The van der Waals surface area contributed by atoms with Crippen molar-refractivity contribution in [1.82, 2.24) is 0 Å². The van der Waals surface area contributed by atoms with E-state index in [0.717, 1.165) is 134 Å². The summed E-state index contributed by atoms with van der Waals surface area (Å²) in [6.07, 6.45) is 0. The number of halogens is 2. The van der Waals surface area contributed by atoms with E-state index in [1.54, 1.807) is 34.8 Å². The van der Waals surface area contributed by atoms with Crippen LogP contribution in [0, 0.1) is 23.0 Å². The van der Waals surface area contributed by atoms with E-state index < -0.39 is 5.82 Å². The van der Waals surface area contributed by atoms with Crippen molar-refractivity contribution in [3.8, 4) is 50.6 Å². The summed E-state index contributed by atoms with van der Waals surface area (Å²) in [5, 5.41) is 20.6. The Bertz CT molecular complexity index is 5300. The molecule has 84 heavy (non-hydrogen) atoms. The number of hydrogen-bond acceptors (Lipinski definition) is 5. The van der Waals surface area contributed by atoms with Crippen LogP contribution in [0.1, 0.15) is 5.56 Å². The Kier molecular flexibility index (Phi) is 11.7. The second-order valence-electron chi connectivity index (χ2n) is 21.2. The summed E-state index contributed by atoms with van der Waals surface area (Å²) in [5.41, 5.74) is 11.1. The lowest BCUT2D eigenvalue weighted by Crippen LogP contribution is -2.15. The van der Waals surface area contributed by atoms with Crippen LogP contribution >= 0.6 is 22.7 Å². The molecular formula is C77H45F2N3S2. The van der Waals surface area contributed by atoms with Gasteiger partial charge in [0, 0.05) is 52.8 Å². The van der Waals surface area contributed by atoms with Gasteiger partial charge in [0.1, 0.15) is 11.6 Å². The Morgan fingerprint density at radius 1 is 0.310 bits per heavy atom. The third-order valence-corrected chi connectivity index (χ3v) is 19.0. The van der Waals surface area contributed by atoms with Gasteiger partial charge in [0.15, 0.2) is 0 Å². The lowest BCUT2D eigenvalue weighted by molar-refractivity contribution is 0.629. The number of rotatable bonds is 10. The third-order valence-electron chi connectivity index (χ3n) is 16.5. The first-order chi connectivity index (χ1) is 41.5. The van der Waals surface area contributed by atoms with Crippen molar-refractivity contribution in [1.29, 1.82) is 5.26 Å². The van der Waals surface area contributed by atoms with Gasteiger partial charge in [-0.25, -0.2) is 8.78 Å². The molecule has 394 valence electrons. The maximum Gasteiger partial charge on any atom is 0.148 e. The summed E-state index contributed by atoms with van der Waals surface area (Å²) in [6, 6.07) is 94.4. The summed E-state index contributed by atoms with van der Waals surface area (Å²) in [6.45, 7) is 0. The van der Waals surface area contributed by atoms with Gasteiger partial charge in [-0.05, 0) is 122 Å². The molecule has 0 aliphatic heterocycles. The van der Waals surface area contributed by atoms with Gasteiger partial charge in [-0.15, -0.1) is 22.7 Å². The summed E-state index contributed by atoms with van der Waals surface area (Å²) < 4.78 is 41.0. The number of anilines is 6. The molecule has 0 atom stereocenters. The first-order valence-corrected chi connectivity index (χ1v) is 29.5. The Hall–Kier alpha value is -10.5. The number of thiophene rings is 2. The minimum absolute atomic E-state index is 0.360. The number of benzene rings is 14. The van der Waals surface area contributed by atoms with Gasteiger partial charge < -0.3 is 9.80 Å². The van der Waals surface area contributed by atoms with E-state index in [4.69, 9.17) is 0 Å². The fourth-order valence-electron chi connectivity index (χ4n) is 12.8. The topological polar surface area (TPSA) is 30.3 Å². The van der Waals surface area contributed by atoms with Crippen molar-refractivity contribution in [3.63, 3.8) is 0 Å². The van der Waals surface area contributed by atoms with Crippen LogP contribution in [0.25, 0.3) is 117 Å². The first kappa shape index (κ1) is 49.3. The first-order valence-electron chi connectivity index (χ1n) is 27.9. The normalized spacial score (nSPS) is 11.7. The Morgan fingerprint density at radius 3 is 1.25 bits per heavy atom. The van der Waals surface area contributed by atoms with Crippen LogP contribution in [0.15, 0.2) is 273 Å². The molecule has 0 saturated carbocycles. The van der Waals surface area contributed by atoms with Crippen molar-refractivity contribution in [3.05, 3.63) is 290 Å². The molecule has 7 heteroatoms. The Morgan fingerprint density at radius 2 is 0.726 bits per heavy atom. The van der Waals surface area contributed by atoms with E-state index in [0.29, 0.717) is 22.5 Å². The van der Waals surface area contributed by atoms with Crippen molar-refractivity contribution in [2.75, 3.05) is 9.80 Å². The number of nitrogens with zero attached hydrogens (tertiary/aromatic N) is 3. The quantitative estimate of drug-likeness (QED) is 0.128. The molecule has 0 fully saturated rings. The molecule has 0 aliphatic carbocycles. The summed E-state index contributed by atoms with van der Waals surface area (Å²) >= 11 is 3.32. The molecule has 2 aromatic heterocycles. The zero-order valence-corrected chi connectivity index (χ0v) is 46.5. The number of nitriles is 1. The zero-order chi connectivity index (χ0) is 56.0.